The Bertz CT molecular complexity index is 1300. The first-order valence-corrected chi connectivity index (χ1v) is 13.3. The summed E-state index contributed by atoms with van der Waals surface area (Å²) in [4.78, 5) is 11.8. The van der Waals surface area contributed by atoms with Crippen LogP contribution in [0.2, 0.25) is 0 Å². The summed E-state index contributed by atoms with van der Waals surface area (Å²) < 4.78 is 28.2. The summed E-state index contributed by atoms with van der Waals surface area (Å²) in [5.74, 6) is -0.455. The van der Waals surface area contributed by atoms with Crippen LogP contribution in [0.5, 0.6) is 0 Å². The van der Waals surface area contributed by atoms with Gasteiger partial charge in [-0.05, 0) is 48.4 Å². The van der Waals surface area contributed by atoms with E-state index in [4.69, 9.17) is 0 Å². The lowest BCUT2D eigenvalue weighted by molar-refractivity contribution is 0.0697. The number of nitrogens with zero attached hydrogens (tertiary/aromatic N) is 1. The number of carboxylic acid groups (broad SMARTS) is 1. The molecule has 1 fully saturated rings. The molecule has 5 nitrogen and oxygen atoms in total. The van der Waals surface area contributed by atoms with Gasteiger partial charge in [-0.25, -0.2) is 13.2 Å². The van der Waals surface area contributed by atoms with Crippen LogP contribution in [0.25, 0.3) is 22.2 Å². The van der Waals surface area contributed by atoms with Gasteiger partial charge in [0.05, 0.1) is 16.5 Å². The fourth-order valence-corrected chi connectivity index (χ4v) is 6.99. The largest absolute Gasteiger partial charge is 0.478 e. The van der Waals surface area contributed by atoms with Gasteiger partial charge in [-0.1, -0.05) is 56.5 Å². The predicted molar refractivity (Wildman–Crippen MR) is 127 cm³/mol. The van der Waals surface area contributed by atoms with Crippen LogP contribution in [0.4, 0.5) is 0 Å². The van der Waals surface area contributed by atoms with Crippen molar-refractivity contribution < 1.29 is 18.3 Å². The van der Waals surface area contributed by atoms with E-state index in [1.807, 2.05) is 24.3 Å². The van der Waals surface area contributed by atoms with E-state index < -0.39 is 21.1 Å². The molecule has 1 aliphatic carbocycles. The van der Waals surface area contributed by atoms with Crippen molar-refractivity contribution in [3.8, 4) is 11.3 Å². The molecule has 5 rings (SSSR count). The topological polar surface area (TPSA) is 76.4 Å². The molecule has 2 aliphatic rings. The first-order chi connectivity index (χ1) is 15.4. The molecule has 2 heterocycles. The Hall–Kier alpha value is -2.60. The van der Waals surface area contributed by atoms with E-state index in [1.54, 1.807) is 19.1 Å². The van der Waals surface area contributed by atoms with E-state index in [9.17, 15) is 18.3 Å². The summed E-state index contributed by atoms with van der Waals surface area (Å²) in [5.41, 5.74) is 5.60. The highest BCUT2D eigenvalue weighted by molar-refractivity contribution is 7.92. The Kier molecular flexibility index (Phi) is 5.36. The van der Waals surface area contributed by atoms with Crippen molar-refractivity contribution in [2.45, 2.75) is 63.2 Å². The number of hydrogen-bond donors (Lipinski definition) is 1. The summed E-state index contributed by atoms with van der Waals surface area (Å²) in [7, 11) is -3.28. The fraction of sp³-hybridized carbons (Fsp3) is 0.423. The first kappa shape index (κ1) is 21.3. The molecule has 1 aliphatic heterocycles. The normalized spacial score (nSPS) is 19.3. The highest BCUT2D eigenvalue weighted by Crippen LogP contribution is 2.46. The molecular weight excluding hydrogens is 422 g/mol. The number of rotatable bonds is 4. The Labute approximate surface area is 189 Å². The summed E-state index contributed by atoms with van der Waals surface area (Å²) in [6.07, 6.45) is 6.35. The molecular formula is C26H29NO4S. The van der Waals surface area contributed by atoms with Gasteiger partial charge < -0.3 is 9.67 Å². The first-order valence-electron chi connectivity index (χ1n) is 11.6. The van der Waals surface area contributed by atoms with Gasteiger partial charge in [-0.3, -0.25) is 0 Å². The van der Waals surface area contributed by atoms with Crippen molar-refractivity contribution in [1.82, 2.24) is 4.57 Å². The Morgan fingerprint density at radius 1 is 1.09 bits per heavy atom. The van der Waals surface area contributed by atoms with Crippen LogP contribution < -0.4 is 0 Å². The number of fused-ring (bicyclic) bond motifs is 5. The highest BCUT2D eigenvalue weighted by Gasteiger charge is 2.34. The van der Waals surface area contributed by atoms with Gasteiger partial charge in [-0.15, -0.1) is 0 Å². The van der Waals surface area contributed by atoms with Gasteiger partial charge in [0, 0.05) is 28.8 Å². The zero-order valence-electron chi connectivity index (χ0n) is 18.4. The second-order valence-electron chi connectivity index (χ2n) is 9.18. The minimum Gasteiger partial charge on any atom is -0.478 e. The number of aromatic nitrogens is 1. The average molecular weight is 452 g/mol. The van der Waals surface area contributed by atoms with Gasteiger partial charge in [0.25, 0.3) is 0 Å². The summed E-state index contributed by atoms with van der Waals surface area (Å²) >= 11 is 0. The van der Waals surface area contributed by atoms with Gasteiger partial charge in [0.15, 0.2) is 9.84 Å². The maximum atomic E-state index is 13.0. The van der Waals surface area contributed by atoms with Crippen LogP contribution in [0.3, 0.4) is 0 Å². The van der Waals surface area contributed by atoms with Crippen molar-refractivity contribution in [3.05, 3.63) is 59.2 Å². The van der Waals surface area contributed by atoms with Crippen LogP contribution in [0, 0.1) is 0 Å². The SMILES string of the molecule is CCS(=O)(=O)C1Cc2ccccc2-c2c(C3CCCCC3)c3ccc(C(=O)O)cc3n2C1. The molecule has 1 saturated carbocycles. The third-order valence-electron chi connectivity index (χ3n) is 7.38. The lowest BCUT2D eigenvalue weighted by Crippen LogP contribution is -2.29. The van der Waals surface area contributed by atoms with E-state index in [1.165, 1.54) is 24.8 Å². The van der Waals surface area contributed by atoms with Gasteiger partial charge >= 0.3 is 5.97 Å². The molecule has 2 aromatic carbocycles. The number of carbonyl (C=O) groups is 1. The molecule has 1 atom stereocenters. The number of carboxylic acids is 1. The van der Waals surface area contributed by atoms with E-state index in [0.29, 0.717) is 18.9 Å². The molecule has 1 aromatic heterocycles. The molecule has 0 saturated heterocycles. The number of aromatic carboxylic acids is 1. The zero-order chi connectivity index (χ0) is 22.5. The summed E-state index contributed by atoms with van der Waals surface area (Å²) in [5, 5.41) is 10.2. The minimum atomic E-state index is -3.28. The highest BCUT2D eigenvalue weighted by atomic mass is 32.2. The number of sulfone groups is 1. The van der Waals surface area contributed by atoms with Crippen LogP contribution in [-0.4, -0.2) is 35.1 Å². The van der Waals surface area contributed by atoms with Crippen LogP contribution in [0.1, 0.15) is 66.4 Å². The monoisotopic (exact) mass is 451 g/mol. The summed E-state index contributed by atoms with van der Waals surface area (Å²) in [6, 6.07) is 13.5. The van der Waals surface area contributed by atoms with Crippen LogP contribution in [0.15, 0.2) is 42.5 Å². The lowest BCUT2D eigenvalue weighted by Gasteiger charge is -2.24. The van der Waals surface area contributed by atoms with Crippen molar-refractivity contribution in [1.29, 1.82) is 0 Å². The van der Waals surface area contributed by atoms with Crippen molar-refractivity contribution in [2.24, 2.45) is 0 Å². The van der Waals surface area contributed by atoms with E-state index in [-0.39, 0.29) is 11.3 Å². The number of benzene rings is 2. The Balaban J connectivity index is 1.85. The molecule has 6 heteroatoms. The molecule has 168 valence electrons. The van der Waals surface area contributed by atoms with E-state index in [2.05, 4.69) is 10.6 Å². The molecule has 32 heavy (non-hydrogen) atoms. The van der Waals surface area contributed by atoms with Gasteiger partial charge in [-0.2, -0.15) is 0 Å². The van der Waals surface area contributed by atoms with E-state index in [0.717, 1.165) is 40.6 Å². The van der Waals surface area contributed by atoms with Gasteiger partial charge in [0.1, 0.15) is 0 Å². The van der Waals surface area contributed by atoms with Gasteiger partial charge in [0.2, 0.25) is 0 Å². The van der Waals surface area contributed by atoms with E-state index >= 15 is 0 Å². The molecule has 0 amide bonds. The average Bonchev–Trinajstić information content (AvgIpc) is 3.01. The van der Waals surface area contributed by atoms with Crippen LogP contribution in [-0.2, 0) is 22.8 Å². The molecule has 0 radical (unpaired) electrons. The molecule has 1 N–H and O–H groups in total. The maximum absolute atomic E-state index is 13.0. The third-order valence-corrected chi connectivity index (χ3v) is 9.52. The van der Waals surface area contributed by atoms with Crippen molar-refractivity contribution >= 4 is 26.7 Å². The smallest absolute Gasteiger partial charge is 0.335 e. The third kappa shape index (κ3) is 3.45. The van der Waals surface area contributed by atoms with Crippen molar-refractivity contribution in [3.63, 3.8) is 0 Å². The second kappa shape index (κ2) is 8.07. The fourth-order valence-electron chi connectivity index (χ4n) is 5.71. The molecule has 0 bridgehead atoms. The maximum Gasteiger partial charge on any atom is 0.335 e. The minimum absolute atomic E-state index is 0.101. The molecule has 3 aromatic rings. The van der Waals surface area contributed by atoms with Crippen LogP contribution >= 0.6 is 0 Å². The number of hydrogen-bond acceptors (Lipinski definition) is 3. The van der Waals surface area contributed by atoms with Crippen molar-refractivity contribution in [2.75, 3.05) is 5.75 Å². The predicted octanol–water partition coefficient (Wildman–Crippen LogP) is 5.41. The lowest BCUT2D eigenvalue weighted by atomic mass is 9.81. The standard InChI is InChI=1S/C26H29NO4S/c1-2-32(30,31)20-14-18-10-6-7-11-21(18)25-24(17-8-4-3-5-9-17)22-13-12-19(26(28)29)15-23(22)27(25)16-20/h6-7,10-13,15,17,20H,2-5,8-9,14,16H2,1H3,(H,28,29). The Morgan fingerprint density at radius 3 is 2.56 bits per heavy atom. The second-order valence-corrected chi connectivity index (χ2v) is 11.7. The quantitative estimate of drug-likeness (QED) is 0.575. The zero-order valence-corrected chi connectivity index (χ0v) is 19.2. The summed E-state index contributed by atoms with van der Waals surface area (Å²) in [6.45, 7) is 2.06. The Morgan fingerprint density at radius 2 is 1.84 bits per heavy atom. The molecule has 1 unspecified atom stereocenters. The molecule has 0 spiro atoms.